The van der Waals surface area contributed by atoms with Crippen LogP contribution in [0.4, 0.5) is 0 Å². The number of ether oxygens (including phenoxy) is 2. The van der Waals surface area contributed by atoms with Crippen molar-refractivity contribution in [1.82, 2.24) is 0 Å². The van der Waals surface area contributed by atoms with E-state index in [-0.39, 0.29) is 24.6 Å². The van der Waals surface area contributed by atoms with E-state index in [9.17, 15) is 9.59 Å². The molecule has 3 aromatic rings. The maximum atomic E-state index is 12.8. The molecule has 148 valence electrons. The van der Waals surface area contributed by atoms with E-state index >= 15 is 0 Å². The normalized spacial score (nSPS) is 10.4. The third-order valence-electron chi connectivity index (χ3n) is 4.17. The van der Waals surface area contributed by atoms with Gasteiger partial charge in [0.2, 0.25) is 0 Å². The molecule has 0 aliphatic rings. The quantitative estimate of drug-likeness (QED) is 0.272. The predicted molar refractivity (Wildman–Crippen MR) is 113 cm³/mol. The minimum Gasteiger partial charge on any atom is -0.488 e. The average Bonchev–Trinajstić information content (AvgIpc) is 2.72. The fraction of sp³-hybridized carbons (Fsp3) is 0.130. The molecule has 0 atom stereocenters. The molecule has 0 saturated carbocycles. The number of aryl methyl sites for hydroxylation is 1. The van der Waals surface area contributed by atoms with Crippen molar-refractivity contribution >= 4 is 35.0 Å². The van der Waals surface area contributed by atoms with Crippen LogP contribution in [0.25, 0.3) is 0 Å². The molecule has 0 bridgehead atoms. The molecule has 29 heavy (non-hydrogen) atoms. The van der Waals surface area contributed by atoms with E-state index in [1.165, 1.54) is 0 Å². The van der Waals surface area contributed by atoms with Gasteiger partial charge in [0.25, 0.3) is 0 Å². The largest absolute Gasteiger partial charge is 0.488 e. The average molecular weight is 429 g/mol. The summed E-state index contributed by atoms with van der Waals surface area (Å²) in [7, 11) is 0. The summed E-state index contributed by atoms with van der Waals surface area (Å²) in [5.74, 6) is -0.379. The number of esters is 1. The van der Waals surface area contributed by atoms with Gasteiger partial charge in [0, 0.05) is 16.1 Å². The molecule has 0 N–H and O–H groups in total. The third-order valence-corrected chi connectivity index (χ3v) is 4.70. The molecule has 0 aromatic heterocycles. The van der Waals surface area contributed by atoms with E-state index in [1.807, 2.05) is 19.1 Å². The van der Waals surface area contributed by atoms with E-state index in [2.05, 4.69) is 0 Å². The summed E-state index contributed by atoms with van der Waals surface area (Å²) in [6.45, 7) is 2.06. The maximum Gasteiger partial charge on any atom is 0.339 e. The van der Waals surface area contributed by atoms with Crippen LogP contribution in [0.3, 0.4) is 0 Å². The van der Waals surface area contributed by atoms with E-state index in [0.717, 1.165) is 5.56 Å². The van der Waals surface area contributed by atoms with Gasteiger partial charge in [-0.3, -0.25) is 4.79 Å². The number of ketones is 1. The molecule has 0 spiro atoms. The summed E-state index contributed by atoms with van der Waals surface area (Å²) in [5, 5.41) is 0.876. The highest BCUT2D eigenvalue weighted by Crippen LogP contribution is 2.27. The smallest absolute Gasteiger partial charge is 0.339 e. The van der Waals surface area contributed by atoms with Crippen LogP contribution < -0.4 is 4.74 Å². The highest BCUT2D eigenvalue weighted by atomic mass is 35.5. The fourth-order valence-electron chi connectivity index (χ4n) is 2.68. The summed E-state index contributed by atoms with van der Waals surface area (Å²) in [4.78, 5) is 25.3. The molecule has 0 amide bonds. The standard InChI is InChI=1S/C23H18Cl2O4/c1-15-6-8-16(9-7-15)22(26)18-4-2-3-5-19(18)23(27)29-13-12-28-21-11-10-17(24)14-20(21)25/h2-11,14H,12-13H2,1H3. The van der Waals surface area contributed by atoms with Gasteiger partial charge in [0.1, 0.15) is 19.0 Å². The second-order valence-corrected chi connectivity index (χ2v) is 7.14. The summed E-state index contributed by atoms with van der Waals surface area (Å²) in [5.41, 5.74) is 2.07. The van der Waals surface area contributed by atoms with Crippen molar-refractivity contribution in [2.75, 3.05) is 13.2 Å². The van der Waals surface area contributed by atoms with Crippen LogP contribution in [0.5, 0.6) is 5.75 Å². The zero-order valence-corrected chi connectivity index (χ0v) is 17.2. The van der Waals surface area contributed by atoms with Crippen LogP contribution in [-0.4, -0.2) is 25.0 Å². The van der Waals surface area contributed by atoms with Gasteiger partial charge in [-0.2, -0.15) is 0 Å². The lowest BCUT2D eigenvalue weighted by Crippen LogP contribution is -2.16. The van der Waals surface area contributed by atoms with Gasteiger partial charge < -0.3 is 9.47 Å². The van der Waals surface area contributed by atoms with Gasteiger partial charge in [0.05, 0.1) is 10.6 Å². The van der Waals surface area contributed by atoms with Crippen LogP contribution in [0.1, 0.15) is 31.8 Å². The molecule has 0 aliphatic heterocycles. The first kappa shape index (κ1) is 20.9. The predicted octanol–water partition coefficient (Wildman–Crippen LogP) is 5.77. The van der Waals surface area contributed by atoms with Crippen molar-refractivity contribution in [1.29, 1.82) is 0 Å². The fourth-order valence-corrected chi connectivity index (χ4v) is 3.14. The molecule has 4 nitrogen and oxygen atoms in total. The lowest BCUT2D eigenvalue weighted by atomic mass is 9.98. The molecule has 0 fully saturated rings. The van der Waals surface area contributed by atoms with Crippen molar-refractivity contribution in [3.05, 3.63) is 99.0 Å². The highest BCUT2D eigenvalue weighted by Gasteiger charge is 2.19. The first-order valence-corrected chi connectivity index (χ1v) is 9.66. The topological polar surface area (TPSA) is 52.6 Å². The molecule has 3 aromatic carbocycles. The van der Waals surface area contributed by atoms with Gasteiger partial charge in [-0.1, -0.05) is 71.2 Å². The first-order chi connectivity index (χ1) is 14.0. The van der Waals surface area contributed by atoms with E-state index < -0.39 is 5.97 Å². The van der Waals surface area contributed by atoms with Crippen molar-refractivity contribution in [2.24, 2.45) is 0 Å². The van der Waals surface area contributed by atoms with Crippen molar-refractivity contribution in [3.8, 4) is 5.75 Å². The number of carbonyl (C=O) groups excluding carboxylic acids is 2. The third kappa shape index (κ3) is 5.37. The van der Waals surface area contributed by atoms with Crippen LogP contribution in [0.2, 0.25) is 10.0 Å². The number of carbonyl (C=O) groups is 2. The maximum absolute atomic E-state index is 12.8. The van der Waals surface area contributed by atoms with Crippen LogP contribution in [-0.2, 0) is 4.74 Å². The van der Waals surface area contributed by atoms with Gasteiger partial charge in [-0.25, -0.2) is 4.79 Å². The summed E-state index contributed by atoms with van der Waals surface area (Å²) >= 11 is 11.9. The summed E-state index contributed by atoms with van der Waals surface area (Å²) in [6, 6.07) is 18.6. The van der Waals surface area contributed by atoms with Crippen molar-refractivity contribution in [2.45, 2.75) is 6.92 Å². The van der Waals surface area contributed by atoms with Crippen LogP contribution in [0, 0.1) is 6.92 Å². The van der Waals surface area contributed by atoms with Crippen LogP contribution >= 0.6 is 23.2 Å². The van der Waals surface area contributed by atoms with Crippen LogP contribution in [0.15, 0.2) is 66.7 Å². The first-order valence-electron chi connectivity index (χ1n) is 8.91. The number of hydrogen-bond acceptors (Lipinski definition) is 4. The molecule has 0 unspecified atom stereocenters. The minimum atomic E-state index is -0.591. The molecule has 3 rings (SSSR count). The number of halogens is 2. The second kappa shape index (κ2) is 9.59. The Balaban J connectivity index is 1.64. The van der Waals surface area contributed by atoms with Gasteiger partial charge >= 0.3 is 5.97 Å². The Morgan fingerprint density at radius 3 is 2.24 bits per heavy atom. The zero-order valence-electron chi connectivity index (χ0n) is 15.7. The Morgan fingerprint density at radius 1 is 0.862 bits per heavy atom. The molecule has 0 saturated heterocycles. The van der Waals surface area contributed by atoms with E-state index in [1.54, 1.807) is 54.6 Å². The second-order valence-electron chi connectivity index (χ2n) is 6.30. The van der Waals surface area contributed by atoms with Gasteiger partial charge in [0.15, 0.2) is 5.78 Å². The molecule has 6 heteroatoms. The summed E-state index contributed by atoms with van der Waals surface area (Å²) < 4.78 is 10.8. The van der Waals surface area contributed by atoms with Crippen molar-refractivity contribution < 1.29 is 19.1 Å². The SMILES string of the molecule is Cc1ccc(C(=O)c2ccccc2C(=O)OCCOc2ccc(Cl)cc2Cl)cc1. The Hall–Kier alpha value is -2.82. The summed E-state index contributed by atoms with van der Waals surface area (Å²) in [6.07, 6.45) is 0. The Morgan fingerprint density at radius 2 is 1.55 bits per heavy atom. The zero-order chi connectivity index (χ0) is 20.8. The monoisotopic (exact) mass is 428 g/mol. The number of rotatable bonds is 7. The lowest BCUT2D eigenvalue weighted by Gasteiger charge is -2.11. The van der Waals surface area contributed by atoms with Gasteiger partial charge in [-0.15, -0.1) is 0 Å². The number of benzene rings is 3. The molecular weight excluding hydrogens is 411 g/mol. The molecular formula is C23H18Cl2O4. The minimum absolute atomic E-state index is 0.00481. The van der Waals surface area contributed by atoms with Gasteiger partial charge in [-0.05, 0) is 31.2 Å². The van der Waals surface area contributed by atoms with E-state index in [0.29, 0.717) is 26.9 Å². The lowest BCUT2D eigenvalue weighted by molar-refractivity contribution is 0.0448. The molecule has 0 aliphatic carbocycles. The Bertz CT molecular complexity index is 1030. The number of hydrogen-bond donors (Lipinski definition) is 0. The highest BCUT2D eigenvalue weighted by molar-refractivity contribution is 6.35. The van der Waals surface area contributed by atoms with Crippen molar-refractivity contribution in [3.63, 3.8) is 0 Å². The molecule has 0 heterocycles. The Kier molecular flexibility index (Phi) is 6.91. The molecule has 0 radical (unpaired) electrons. The Labute approximate surface area is 179 Å². The van der Waals surface area contributed by atoms with E-state index in [4.69, 9.17) is 32.7 Å².